The molecule has 0 saturated carbocycles. The molecule has 24 heavy (non-hydrogen) atoms. The van der Waals surface area contributed by atoms with Gasteiger partial charge >= 0.3 is 0 Å². The highest BCUT2D eigenvalue weighted by atomic mass is 16.5. The van der Waals surface area contributed by atoms with Gasteiger partial charge in [0.25, 0.3) is 5.91 Å². The fourth-order valence-electron chi connectivity index (χ4n) is 3.00. The van der Waals surface area contributed by atoms with Gasteiger partial charge in [0.15, 0.2) is 0 Å². The van der Waals surface area contributed by atoms with Crippen molar-refractivity contribution in [3.8, 4) is 5.75 Å². The molecule has 2 N–H and O–H groups in total. The minimum absolute atomic E-state index is 0.0292. The lowest BCUT2D eigenvalue weighted by Crippen LogP contribution is -2.47. The monoisotopic (exact) mass is 334 g/mol. The van der Waals surface area contributed by atoms with Crippen LogP contribution in [0.5, 0.6) is 5.75 Å². The molecule has 0 radical (unpaired) electrons. The van der Waals surface area contributed by atoms with Crippen molar-refractivity contribution in [2.75, 3.05) is 40.0 Å². The van der Waals surface area contributed by atoms with E-state index in [1.54, 1.807) is 7.11 Å². The molecule has 1 aromatic rings. The Balaban J connectivity index is 1.94. The molecular formula is C19H30N2O3. The van der Waals surface area contributed by atoms with Crippen molar-refractivity contribution in [1.82, 2.24) is 10.6 Å². The zero-order valence-corrected chi connectivity index (χ0v) is 15.1. The summed E-state index contributed by atoms with van der Waals surface area (Å²) in [5.41, 5.74) is 0.666. The second-order valence-corrected chi connectivity index (χ2v) is 7.10. The Labute approximate surface area is 145 Å². The number of amides is 1. The molecule has 0 aliphatic carbocycles. The Bertz CT molecular complexity index is 520. The second-order valence-electron chi connectivity index (χ2n) is 7.10. The van der Waals surface area contributed by atoms with E-state index in [1.807, 2.05) is 24.3 Å². The Morgan fingerprint density at radius 3 is 2.75 bits per heavy atom. The summed E-state index contributed by atoms with van der Waals surface area (Å²) in [7, 11) is 1.72. The first-order chi connectivity index (χ1) is 11.5. The van der Waals surface area contributed by atoms with E-state index in [0.29, 0.717) is 31.2 Å². The first kappa shape index (κ1) is 18.7. The Hall–Kier alpha value is -1.59. The van der Waals surface area contributed by atoms with Crippen molar-refractivity contribution >= 4 is 5.91 Å². The number of rotatable bonds is 8. The molecule has 1 amide bonds. The van der Waals surface area contributed by atoms with Crippen LogP contribution in [-0.2, 0) is 4.74 Å². The molecule has 1 aromatic carbocycles. The number of piperidine rings is 1. The van der Waals surface area contributed by atoms with Crippen molar-refractivity contribution in [2.24, 2.45) is 11.3 Å². The predicted molar refractivity (Wildman–Crippen MR) is 95.5 cm³/mol. The lowest BCUT2D eigenvalue weighted by Gasteiger charge is -2.37. The van der Waals surface area contributed by atoms with Crippen molar-refractivity contribution < 1.29 is 14.3 Å². The van der Waals surface area contributed by atoms with E-state index in [9.17, 15) is 4.79 Å². The Morgan fingerprint density at radius 2 is 2.08 bits per heavy atom. The Morgan fingerprint density at radius 1 is 1.33 bits per heavy atom. The predicted octanol–water partition coefficient (Wildman–Crippen LogP) is 2.47. The molecule has 1 aliphatic heterocycles. The van der Waals surface area contributed by atoms with Crippen LogP contribution in [0.15, 0.2) is 24.3 Å². The summed E-state index contributed by atoms with van der Waals surface area (Å²) in [4.78, 5) is 12.5. The maximum absolute atomic E-state index is 12.5. The summed E-state index contributed by atoms with van der Waals surface area (Å²) in [6.45, 7) is 8.10. The van der Waals surface area contributed by atoms with Gasteiger partial charge in [-0.15, -0.1) is 0 Å². The van der Waals surface area contributed by atoms with Gasteiger partial charge in [0.1, 0.15) is 5.75 Å². The molecule has 5 heteroatoms. The summed E-state index contributed by atoms with van der Waals surface area (Å²) in [6.07, 6.45) is 2.03. The molecule has 1 aliphatic rings. The topological polar surface area (TPSA) is 59.6 Å². The number of methoxy groups -OCH3 is 1. The molecule has 1 fully saturated rings. The molecule has 1 saturated heterocycles. The highest BCUT2D eigenvalue weighted by Gasteiger charge is 2.32. The van der Waals surface area contributed by atoms with Crippen LogP contribution >= 0.6 is 0 Å². The van der Waals surface area contributed by atoms with E-state index in [4.69, 9.17) is 9.47 Å². The largest absolute Gasteiger partial charge is 0.493 e. The van der Waals surface area contributed by atoms with E-state index in [1.165, 1.54) is 0 Å². The fourth-order valence-corrected chi connectivity index (χ4v) is 3.00. The lowest BCUT2D eigenvalue weighted by atomic mass is 9.79. The second kappa shape index (κ2) is 9.04. The van der Waals surface area contributed by atoms with E-state index in [0.717, 1.165) is 31.7 Å². The van der Waals surface area contributed by atoms with Crippen molar-refractivity contribution in [2.45, 2.75) is 26.7 Å². The van der Waals surface area contributed by atoms with Gasteiger partial charge in [0, 0.05) is 24.6 Å². The first-order valence-electron chi connectivity index (χ1n) is 8.75. The Kier molecular flexibility index (Phi) is 7.06. The maximum atomic E-state index is 12.5. The molecule has 5 nitrogen and oxygen atoms in total. The van der Waals surface area contributed by atoms with Gasteiger partial charge in [0.2, 0.25) is 0 Å². The molecular weight excluding hydrogens is 304 g/mol. The lowest BCUT2D eigenvalue weighted by molar-refractivity contribution is 0.0511. The van der Waals surface area contributed by atoms with Gasteiger partial charge in [-0.05, 0) is 50.0 Å². The quantitative estimate of drug-likeness (QED) is 0.767. The van der Waals surface area contributed by atoms with Crippen LogP contribution in [0.2, 0.25) is 0 Å². The van der Waals surface area contributed by atoms with Gasteiger partial charge in [-0.25, -0.2) is 0 Å². The third-order valence-corrected chi connectivity index (χ3v) is 4.42. The smallest absolute Gasteiger partial charge is 0.251 e. The zero-order chi connectivity index (χ0) is 17.4. The van der Waals surface area contributed by atoms with Crippen LogP contribution in [0.25, 0.3) is 0 Å². The van der Waals surface area contributed by atoms with E-state index < -0.39 is 0 Å². The van der Waals surface area contributed by atoms with Crippen LogP contribution in [-0.4, -0.2) is 45.9 Å². The SMILES string of the molecule is COCC1(CNC(=O)c2cccc(OCC(C)C)c2)CCNCC1. The van der Waals surface area contributed by atoms with E-state index >= 15 is 0 Å². The molecule has 0 spiro atoms. The highest BCUT2D eigenvalue weighted by molar-refractivity contribution is 5.94. The molecule has 0 atom stereocenters. The molecule has 0 aromatic heterocycles. The number of carbonyl (C=O) groups excluding carboxylic acids is 1. The summed E-state index contributed by atoms with van der Waals surface area (Å²) in [5.74, 6) is 1.14. The van der Waals surface area contributed by atoms with Crippen LogP contribution < -0.4 is 15.4 Å². The van der Waals surface area contributed by atoms with Gasteiger partial charge in [-0.2, -0.15) is 0 Å². The average Bonchev–Trinajstić information content (AvgIpc) is 2.59. The number of ether oxygens (including phenoxy) is 2. The third-order valence-electron chi connectivity index (χ3n) is 4.42. The summed E-state index contributed by atoms with van der Waals surface area (Å²) in [5, 5.41) is 6.45. The first-order valence-corrected chi connectivity index (χ1v) is 8.75. The number of hydrogen-bond acceptors (Lipinski definition) is 4. The van der Waals surface area contributed by atoms with Gasteiger partial charge in [-0.3, -0.25) is 4.79 Å². The fraction of sp³-hybridized carbons (Fsp3) is 0.632. The number of hydrogen-bond donors (Lipinski definition) is 2. The summed E-state index contributed by atoms with van der Waals surface area (Å²) < 4.78 is 11.1. The van der Waals surface area contributed by atoms with Crippen molar-refractivity contribution in [1.29, 1.82) is 0 Å². The minimum Gasteiger partial charge on any atom is -0.493 e. The third kappa shape index (κ3) is 5.49. The van der Waals surface area contributed by atoms with Gasteiger partial charge < -0.3 is 20.1 Å². The number of carbonyl (C=O) groups is 1. The van der Waals surface area contributed by atoms with Crippen molar-refractivity contribution in [3.63, 3.8) is 0 Å². The molecule has 1 heterocycles. The van der Waals surface area contributed by atoms with Gasteiger partial charge in [-0.1, -0.05) is 19.9 Å². The standard InChI is InChI=1S/C19H30N2O3/c1-15(2)12-24-17-6-4-5-16(11-17)18(22)21-13-19(14-23-3)7-9-20-10-8-19/h4-6,11,15,20H,7-10,12-14H2,1-3H3,(H,21,22). The zero-order valence-electron chi connectivity index (χ0n) is 15.1. The maximum Gasteiger partial charge on any atom is 0.251 e. The van der Waals surface area contributed by atoms with Gasteiger partial charge in [0.05, 0.1) is 13.2 Å². The van der Waals surface area contributed by atoms with Crippen molar-refractivity contribution in [3.05, 3.63) is 29.8 Å². The molecule has 0 unspecified atom stereocenters. The van der Waals surface area contributed by atoms with Crippen LogP contribution in [0, 0.1) is 11.3 Å². The summed E-state index contributed by atoms with van der Waals surface area (Å²) in [6, 6.07) is 7.38. The normalized spacial score (nSPS) is 16.8. The highest BCUT2D eigenvalue weighted by Crippen LogP contribution is 2.28. The molecule has 134 valence electrons. The average molecular weight is 334 g/mol. The van der Waals surface area contributed by atoms with E-state index in [-0.39, 0.29) is 11.3 Å². The number of nitrogens with one attached hydrogen (secondary N) is 2. The molecule has 2 rings (SSSR count). The molecule has 0 bridgehead atoms. The summed E-state index contributed by atoms with van der Waals surface area (Å²) >= 11 is 0. The van der Waals surface area contributed by atoms with E-state index in [2.05, 4.69) is 24.5 Å². The number of benzene rings is 1. The van der Waals surface area contributed by atoms with Crippen LogP contribution in [0.1, 0.15) is 37.0 Å². The van der Waals surface area contributed by atoms with Crippen LogP contribution in [0.3, 0.4) is 0 Å². The van der Waals surface area contributed by atoms with Crippen LogP contribution in [0.4, 0.5) is 0 Å². The minimum atomic E-state index is -0.0565.